The van der Waals surface area contributed by atoms with Gasteiger partial charge in [0.25, 0.3) is 0 Å². The van der Waals surface area contributed by atoms with Crippen molar-refractivity contribution in [1.29, 1.82) is 0 Å². The second-order valence-electron chi connectivity index (χ2n) is 5.03. The summed E-state index contributed by atoms with van der Waals surface area (Å²) in [6, 6.07) is 1.74. The molecule has 2 heterocycles. The topological polar surface area (TPSA) is 6.48 Å². The zero-order valence-electron chi connectivity index (χ0n) is 10.4. The van der Waals surface area contributed by atoms with E-state index in [4.69, 9.17) is 0 Å². The molecule has 88 valence electrons. The Labute approximate surface area is 94.6 Å². The van der Waals surface area contributed by atoms with E-state index in [0.29, 0.717) is 0 Å². The molecule has 2 unspecified atom stereocenters. The molecule has 0 saturated carbocycles. The standard InChI is InChI=1S/C13H26N2/c1-3-14-10-6-5-8-12(14)13-9-7-11-15(13)4-2/h12-13H,3-11H2,1-2H3. The van der Waals surface area contributed by atoms with E-state index >= 15 is 0 Å². The first kappa shape index (κ1) is 11.4. The van der Waals surface area contributed by atoms with Gasteiger partial charge in [-0.15, -0.1) is 0 Å². The van der Waals surface area contributed by atoms with Crippen LogP contribution in [0.15, 0.2) is 0 Å². The summed E-state index contributed by atoms with van der Waals surface area (Å²) < 4.78 is 0. The predicted octanol–water partition coefficient (Wildman–Crippen LogP) is 2.35. The summed E-state index contributed by atoms with van der Waals surface area (Å²) in [6.45, 7) is 9.82. The third-order valence-corrected chi connectivity index (χ3v) is 4.33. The van der Waals surface area contributed by atoms with Crippen LogP contribution >= 0.6 is 0 Å². The Balaban J connectivity index is 1.99. The first-order valence-electron chi connectivity index (χ1n) is 6.85. The minimum Gasteiger partial charge on any atom is -0.299 e. The summed E-state index contributed by atoms with van der Waals surface area (Å²) in [5, 5.41) is 0. The molecule has 15 heavy (non-hydrogen) atoms. The smallest absolute Gasteiger partial charge is 0.0251 e. The van der Waals surface area contributed by atoms with E-state index in [2.05, 4.69) is 23.6 Å². The molecule has 0 aliphatic carbocycles. The van der Waals surface area contributed by atoms with Crippen LogP contribution in [0.25, 0.3) is 0 Å². The minimum atomic E-state index is 0.867. The molecule has 0 N–H and O–H groups in total. The molecule has 2 aliphatic heterocycles. The Hall–Kier alpha value is -0.0800. The van der Waals surface area contributed by atoms with Crippen molar-refractivity contribution in [2.24, 2.45) is 0 Å². The summed E-state index contributed by atoms with van der Waals surface area (Å²) in [7, 11) is 0. The lowest BCUT2D eigenvalue weighted by atomic mass is 9.94. The normalized spacial score (nSPS) is 34.8. The molecule has 0 aromatic heterocycles. The third-order valence-electron chi connectivity index (χ3n) is 4.33. The summed E-state index contributed by atoms with van der Waals surface area (Å²) >= 11 is 0. The summed E-state index contributed by atoms with van der Waals surface area (Å²) in [6.07, 6.45) is 7.18. The highest BCUT2D eigenvalue weighted by molar-refractivity contribution is 4.91. The third kappa shape index (κ3) is 2.36. The molecule has 2 fully saturated rings. The van der Waals surface area contributed by atoms with Crippen molar-refractivity contribution >= 4 is 0 Å². The van der Waals surface area contributed by atoms with E-state index in [1.54, 1.807) is 0 Å². The molecular formula is C13H26N2. The zero-order chi connectivity index (χ0) is 10.7. The lowest BCUT2D eigenvalue weighted by molar-refractivity contribution is 0.0786. The zero-order valence-corrected chi connectivity index (χ0v) is 10.4. The first-order chi connectivity index (χ1) is 7.36. The van der Waals surface area contributed by atoms with Crippen molar-refractivity contribution in [3.05, 3.63) is 0 Å². The highest BCUT2D eigenvalue weighted by Gasteiger charge is 2.34. The van der Waals surface area contributed by atoms with Gasteiger partial charge in [0.2, 0.25) is 0 Å². The highest BCUT2D eigenvalue weighted by Crippen LogP contribution is 2.28. The van der Waals surface area contributed by atoms with Gasteiger partial charge in [-0.25, -0.2) is 0 Å². The fourth-order valence-corrected chi connectivity index (χ4v) is 3.53. The van der Waals surface area contributed by atoms with E-state index in [-0.39, 0.29) is 0 Å². The highest BCUT2D eigenvalue weighted by atomic mass is 15.3. The van der Waals surface area contributed by atoms with Crippen molar-refractivity contribution < 1.29 is 0 Å². The van der Waals surface area contributed by atoms with Gasteiger partial charge in [-0.3, -0.25) is 9.80 Å². The maximum absolute atomic E-state index is 2.72. The van der Waals surface area contributed by atoms with Gasteiger partial charge in [0.05, 0.1) is 0 Å². The van der Waals surface area contributed by atoms with Gasteiger partial charge in [0.15, 0.2) is 0 Å². The van der Waals surface area contributed by atoms with Crippen LogP contribution in [-0.2, 0) is 0 Å². The Kier molecular flexibility index (Phi) is 4.04. The van der Waals surface area contributed by atoms with Gasteiger partial charge < -0.3 is 0 Å². The van der Waals surface area contributed by atoms with Crippen LogP contribution < -0.4 is 0 Å². The van der Waals surface area contributed by atoms with E-state index in [1.807, 2.05) is 0 Å². The molecule has 0 bridgehead atoms. The molecule has 0 aromatic rings. The molecule has 0 spiro atoms. The van der Waals surface area contributed by atoms with Crippen LogP contribution in [0, 0.1) is 0 Å². The Morgan fingerprint density at radius 3 is 1.93 bits per heavy atom. The number of piperidine rings is 1. The van der Waals surface area contributed by atoms with Gasteiger partial charge in [-0.1, -0.05) is 20.3 Å². The maximum Gasteiger partial charge on any atom is 0.0251 e. The summed E-state index contributed by atoms with van der Waals surface area (Å²) in [5.41, 5.74) is 0. The number of hydrogen-bond donors (Lipinski definition) is 0. The molecule has 2 saturated heterocycles. The second-order valence-corrected chi connectivity index (χ2v) is 5.03. The van der Waals surface area contributed by atoms with Gasteiger partial charge in [-0.05, 0) is 51.9 Å². The first-order valence-corrected chi connectivity index (χ1v) is 6.85. The molecular weight excluding hydrogens is 184 g/mol. The SMILES string of the molecule is CCN1CCCCC1C1CCCN1CC. The number of nitrogens with zero attached hydrogens (tertiary/aromatic N) is 2. The molecule has 2 atom stereocenters. The van der Waals surface area contributed by atoms with Crippen molar-refractivity contribution in [3.8, 4) is 0 Å². The maximum atomic E-state index is 2.72. The van der Waals surface area contributed by atoms with Crippen LogP contribution in [0.3, 0.4) is 0 Å². The number of hydrogen-bond acceptors (Lipinski definition) is 2. The van der Waals surface area contributed by atoms with Crippen molar-refractivity contribution in [2.75, 3.05) is 26.2 Å². The molecule has 0 amide bonds. The second kappa shape index (κ2) is 5.31. The van der Waals surface area contributed by atoms with Crippen LogP contribution in [0.4, 0.5) is 0 Å². The van der Waals surface area contributed by atoms with E-state index in [9.17, 15) is 0 Å². The average molecular weight is 210 g/mol. The van der Waals surface area contributed by atoms with Gasteiger partial charge in [-0.2, -0.15) is 0 Å². The van der Waals surface area contributed by atoms with Crippen molar-refractivity contribution in [2.45, 2.75) is 58.0 Å². The Morgan fingerprint density at radius 2 is 1.33 bits per heavy atom. The van der Waals surface area contributed by atoms with E-state index < -0.39 is 0 Å². The molecule has 0 radical (unpaired) electrons. The van der Waals surface area contributed by atoms with E-state index in [0.717, 1.165) is 12.1 Å². The number of likely N-dealkylation sites (N-methyl/N-ethyl adjacent to an activating group) is 2. The van der Waals surface area contributed by atoms with Gasteiger partial charge in [0, 0.05) is 12.1 Å². The predicted molar refractivity (Wildman–Crippen MR) is 65.2 cm³/mol. The fourth-order valence-electron chi connectivity index (χ4n) is 3.53. The summed E-state index contributed by atoms with van der Waals surface area (Å²) in [4.78, 5) is 5.43. The monoisotopic (exact) mass is 210 g/mol. The Bertz CT molecular complexity index is 193. The van der Waals surface area contributed by atoms with Gasteiger partial charge in [0.1, 0.15) is 0 Å². The van der Waals surface area contributed by atoms with Crippen molar-refractivity contribution in [3.63, 3.8) is 0 Å². The average Bonchev–Trinajstić information content (AvgIpc) is 2.76. The number of likely N-dealkylation sites (tertiary alicyclic amines) is 2. The molecule has 2 nitrogen and oxygen atoms in total. The van der Waals surface area contributed by atoms with E-state index in [1.165, 1.54) is 58.3 Å². The van der Waals surface area contributed by atoms with Crippen LogP contribution in [0.1, 0.15) is 46.0 Å². The van der Waals surface area contributed by atoms with Crippen molar-refractivity contribution in [1.82, 2.24) is 9.80 Å². The molecule has 2 aliphatic rings. The molecule has 0 aromatic carbocycles. The quantitative estimate of drug-likeness (QED) is 0.705. The number of rotatable bonds is 3. The summed E-state index contributed by atoms with van der Waals surface area (Å²) in [5.74, 6) is 0. The van der Waals surface area contributed by atoms with Gasteiger partial charge >= 0.3 is 0 Å². The Morgan fingerprint density at radius 1 is 0.800 bits per heavy atom. The fraction of sp³-hybridized carbons (Fsp3) is 1.00. The largest absolute Gasteiger partial charge is 0.299 e. The van der Waals surface area contributed by atoms with Crippen LogP contribution in [0.2, 0.25) is 0 Å². The molecule has 2 heteroatoms. The van der Waals surface area contributed by atoms with Crippen LogP contribution in [-0.4, -0.2) is 48.1 Å². The lowest BCUT2D eigenvalue weighted by Gasteiger charge is -2.41. The minimum absolute atomic E-state index is 0.867. The lowest BCUT2D eigenvalue weighted by Crippen LogP contribution is -2.51. The molecule has 2 rings (SSSR count). The van der Waals surface area contributed by atoms with Crippen LogP contribution in [0.5, 0.6) is 0 Å².